The molecule has 1 fully saturated rings. The van der Waals surface area contributed by atoms with E-state index in [1.54, 1.807) is 0 Å². The van der Waals surface area contributed by atoms with E-state index in [4.69, 9.17) is 16.2 Å². The third kappa shape index (κ3) is 1.31. The third-order valence-electron chi connectivity index (χ3n) is 2.27. The van der Waals surface area contributed by atoms with Crippen LogP contribution in [0.5, 0.6) is 0 Å². The fourth-order valence-corrected chi connectivity index (χ4v) is 1.42. The Kier molecular flexibility index (Phi) is 2.66. The van der Waals surface area contributed by atoms with Crippen molar-refractivity contribution in [1.82, 2.24) is 5.32 Å². The molecule has 70 valence electrons. The van der Waals surface area contributed by atoms with Gasteiger partial charge in [0.2, 0.25) is 0 Å². The van der Waals surface area contributed by atoms with Gasteiger partial charge in [0.1, 0.15) is 0 Å². The molecule has 0 saturated carbocycles. The van der Waals surface area contributed by atoms with E-state index in [0.717, 1.165) is 0 Å². The van der Waals surface area contributed by atoms with E-state index in [0.29, 0.717) is 19.6 Å². The molecule has 0 bridgehead atoms. The number of primary amides is 1. The Labute approximate surface area is 71.4 Å². The minimum atomic E-state index is -1.02. The van der Waals surface area contributed by atoms with Gasteiger partial charge in [0, 0.05) is 6.54 Å². The van der Waals surface area contributed by atoms with Crippen LogP contribution in [0.3, 0.4) is 0 Å². The molecule has 0 aliphatic carbocycles. The smallest absolute Gasteiger partial charge is 0.252 e. The summed E-state index contributed by atoms with van der Waals surface area (Å²) in [5.41, 5.74) is 9.89. The summed E-state index contributed by atoms with van der Waals surface area (Å²) in [6, 6.07) is 0. The van der Waals surface area contributed by atoms with E-state index >= 15 is 0 Å². The molecule has 1 heterocycles. The number of hydrogen-bond acceptors (Lipinski definition) is 4. The molecular weight excluding hydrogens is 158 g/mol. The molecule has 5 nitrogen and oxygen atoms in total. The Morgan fingerprint density at radius 1 is 1.83 bits per heavy atom. The molecule has 1 aliphatic rings. The summed E-state index contributed by atoms with van der Waals surface area (Å²) < 4.78 is 5.33. The highest BCUT2D eigenvalue weighted by atomic mass is 16.5. The van der Waals surface area contributed by atoms with Crippen molar-refractivity contribution in [1.29, 1.82) is 0 Å². The number of nitrogens with one attached hydrogen (secondary N) is 1. The maximum atomic E-state index is 11.1. The minimum Gasteiger partial charge on any atom is -0.367 e. The predicted molar refractivity (Wildman–Crippen MR) is 44.1 cm³/mol. The zero-order chi connectivity index (χ0) is 9.19. The maximum absolute atomic E-state index is 11.1. The van der Waals surface area contributed by atoms with Crippen LogP contribution in [0.15, 0.2) is 0 Å². The zero-order valence-corrected chi connectivity index (χ0v) is 7.17. The van der Waals surface area contributed by atoms with Crippen molar-refractivity contribution in [3.8, 4) is 0 Å². The summed E-state index contributed by atoms with van der Waals surface area (Å²) in [6.07, 6.45) is 0.00463. The molecule has 2 atom stereocenters. The summed E-state index contributed by atoms with van der Waals surface area (Å²) >= 11 is 0. The van der Waals surface area contributed by atoms with Gasteiger partial charge in [0.25, 0.3) is 5.91 Å². The van der Waals surface area contributed by atoms with Gasteiger partial charge in [-0.05, 0) is 6.42 Å². The van der Waals surface area contributed by atoms with E-state index in [2.05, 4.69) is 5.32 Å². The molecular formula is C7H15N3O2. The van der Waals surface area contributed by atoms with E-state index in [1.807, 2.05) is 6.92 Å². The lowest BCUT2D eigenvalue weighted by atomic mass is 9.94. The van der Waals surface area contributed by atoms with E-state index in [-0.39, 0.29) is 0 Å². The normalized spacial score (nSPS) is 36.3. The lowest BCUT2D eigenvalue weighted by molar-refractivity contribution is -0.155. The molecule has 0 aromatic rings. The van der Waals surface area contributed by atoms with Crippen LogP contribution in [-0.4, -0.2) is 30.8 Å². The Balaban J connectivity index is 2.81. The molecule has 0 aromatic carbocycles. The van der Waals surface area contributed by atoms with Crippen molar-refractivity contribution in [3.63, 3.8) is 0 Å². The van der Waals surface area contributed by atoms with Crippen molar-refractivity contribution in [2.45, 2.75) is 25.1 Å². The Hall–Kier alpha value is -0.650. The number of carbonyl (C=O) groups is 1. The first kappa shape index (κ1) is 9.44. The fraction of sp³-hybridized carbons (Fsp3) is 0.857. The SMILES string of the molecule is CCC1(C(N)=O)OCCNC1N. The second-order valence-electron chi connectivity index (χ2n) is 2.89. The van der Waals surface area contributed by atoms with Gasteiger partial charge in [-0.2, -0.15) is 0 Å². The highest BCUT2D eigenvalue weighted by Crippen LogP contribution is 2.20. The molecule has 1 aliphatic heterocycles. The van der Waals surface area contributed by atoms with E-state index in [1.165, 1.54) is 0 Å². The highest BCUT2D eigenvalue weighted by Gasteiger charge is 2.44. The van der Waals surface area contributed by atoms with Gasteiger partial charge in [-0.25, -0.2) is 0 Å². The lowest BCUT2D eigenvalue weighted by Gasteiger charge is -2.39. The summed E-state index contributed by atoms with van der Waals surface area (Å²) in [7, 11) is 0. The van der Waals surface area contributed by atoms with Crippen molar-refractivity contribution in [2.24, 2.45) is 11.5 Å². The first-order chi connectivity index (χ1) is 5.63. The molecule has 5 N–H and O–H groups in total. The van der Waals surface area contributed by atoms with Crippen LogP contribution < -0.4 is 16.8 Å². The minimum absolute atomic E-state index is 0.477. The van der Waals surface area contributed by atoms with Crippen LogP contribution in [-0.2, 0) is 9.53 Å². The third-order valence-corrected chi connectivity index (χ3v) is 2.27. The number of hydrogen-bond donors (Lipinski definition) is 3. The highest BCUT2D eigenvalue weighted by molar-refractivity contribution is 5.84. The van der Waals surface area contributed by atoms with Gasteiger partial charge in [-0.3, -0.25) is 10.1 Å². The molecule has 5 heteroatoms. The van der Waals surface area contributed by atoms with Gasteiger partial charge >= 0.3 is 0 Å². The van der Waals surface area contributed by atoms with Crippen LogP contribution in [0.25, 0.3) is 0 Å². The number of amides is 1. The van der Waals surface area contributed by atoms with Crippen LogP contribution >= 0.6 is 0 Å². The van der Waals surface area contributed by atoms with E-state index < -0.39 is 17.7 Å². The molecule has 0 radical (unpaired) electrons. The first-order valence-electron chi connectivity index (χ1n) is 4.06. The van der Waals surface area contributed by atoms with Gasteiger partial charge in [-0.1, -0.05) is 6.92 Å². The fourth-order valence-electron chi connectivity index (χ4n) is 1.42. The maximum Gasteiger partial charge on any atom is 0.252 e. The number of ether oxygens (including phenoxy) is 1. The quantitative estimate of drug-likeness (QED) is 0.475. The molecule has 12 heavy (non-hydrogen) atoms. The molecule has 1 rings (SSSR count). The summed E-state index contributed by atoms with van der Waals surface area (Å²) in [5.74, 6) is -0.496. The van der Waals surface area contributed by atoms with Crippen LogP contribution in [0, 0.1) is 0 Å². The number of nitrogens with two attached hydrogens (primary N) is 2. The number of morpholine rings is 1. The second-order valence-corrected chi connectivity index (χ2v) is 2.89. The largest absolute Gasteiger partial charge is 0.367 e. The van der Waals surface area contributed by atoms with Gasteiger partial charge in [0.15, 0.2) is 5.60 Å². The van der Waals surface area contributed by atoms with Crippen molar-refractivity contribution in [2.75, 3.05) is 13.2 Å². The topological polar surface area (TPSA) is 90.4 Å². The number of carbonyl (C=O) groups excluding carboxylic acids is 1. The van der Waals surface area contributed by atoms with Crippen LogP contribution in [0.2, 0.25) is 0 Å². The molecule has 1 saturated heterocycles. The average Bonchev–Trinajstić information content (AvgIpc) is 2.05. The van der Waals surface area contributed by atoms with Gasteiger partial charge in [0.05, 0.1) is 12.8 Å². The van der Waals surface area contributed by atoms with Gasteiger partial charge in [-0.15, -0.1) is 0 Å². The monoisotopic (exact) mass is 173 g/mol. The summed E-state index contributed by atoms with van der Waals surface area (Å²) in [5, 5.41) is 2.96. The van der Waals surface area contributed by atoms with E-state index in [9.17, 15) is 4.79 Å². The second kappa shape index (κ2) is 3.38. The Morgan fingerprint density at radius 3 is 2.83 bits per heavy atom. The van der Waals surface area contributed by atoms with Crippen LogP contribution in [0.4, 0.5) is 0 Å². The van der Waals surface area contributed by atoms with Gasteiger partial charge < -0.3 is 16.2 Å². The summed E-state index contributed by atoms with van der Waals surface area (Å²) in [4.78, 5) is 11.1. The lowest BCUT2D eigenvalue weighted by Crippen LogP contribution is -2.67. The zero-order valence-electron chi connectivity index (χ0n) is 7.17. The average molecular weight is 173 g/mol. The predicted octanol–water partition coefficient (Wildman–Crippen LogP) is -1.47. The Morgan fingerprint density at radius 2 is 2.50 bits per heavy atom. The molecule has 2 unspecified atom stereocenters. The van der Waals surface area contributed by atoms with Crippen molar-refractivity contribution >= 4 is 5.91 Å². The summed E-state index contributed by atoms with van der Waals surface area (Å²) in [6.45, 7) is 2.97. The number of rotatable bonds is 2. The van der Waals surface area contributed by atoms with Crippen molar-refractivity contribution in [3.05, 3.63) is 0 Å². The molecule has 0 aromatic heterocycles. The first-order valence-corrected chi connectivity index (χ1v) is 4.06. The molecule has 1 amide bonds. The Bertz CT molecular complexity index is 185. The van der Waals surface area contributed by atoms with Crippen molar-refractivity contribution < 1.29 is 9.53 Å². The standard InChI is InChI=1S/C7H15N3O2/c1-2-7(6(9)11)5(8)10-3-4-12-7/h5,10H,2-4,8H2,1H3,(H2,9,11). The van der Waals surface area contributed by atoms with Crippen LogP contribution in [0.1, 0.15) is 13.3 Å². The molecule has 0 spiro atoms.